The van der Waals surface area contributed by atoms with Crippen LogP contribution in [0.25, 0.3) is 11.3 Å². The molecule has 0 saturated carbocycles. The summed E-state index contributed by atoms with van der Waals surface area (Å²) < 4.78 is 1.80. The quantitative estimate of drug-likeness (QED) is 0.628. The van der Waals surface area contributed by atoms with Gasteiger partial charge in [0.15, 0.2) is 0 Å². The largest absolute Gasteiger partial charge is 0.334 e. The maximum absolute atomic E-state index is 12.3. The van der Waals surface area contributed by atoms with Crippen molar-refractivity contribution in [3.63, 3.8) is 0 Å². The Hall–Kier alpha value is -3.09. The van der Waals surface area contributed by atoms with Crippen molar-refractivity contribution in [2.45, 2.75) is 46.6 Å². The Labute approximate surface area is 170 Å². The van der Waals surface area contributed by atoms with Crippen molar-refractivity contribution < 1.29 is 4.79 Å². The third-order valence-electron chi connectivity index (χ3n) is 5.83. The molecule has 0 saturated heterocycles. The minimum atomic E-state index is -0.240. The fraction of sp³-hybridized carbons (Fsp3) is 0.409. The van der Waals surface area contributed by atoms with E-state index in [0.29, 0.717) is 12.0 Å². The van der Waals surface area contributed by atoms with Crippen LogP contribution in [0.1, 0.15) is 42.8 Å². The molecular weight excluding hydrogens is 364 g/mol. The van der Waals surface area contributed by atoms with Crippen LogP contribution in [0.5, 0.6) is 0 Å². The molecule has 0 fully saturated rings. The maximum atomic E-state index is 12.3. The number of carbonyl (C=O) groups is 1. The Balaban J connectivity index is 1.45. The third-order valence-corrected chi connectivity index (χ3v) is 5.83. The molecule has 0 spiro atoms. The minimum Gasteiger partial charge on any atom is -0.334 e. The van der Waals surface area contributed by atoms with Gasteiger partial charge in [0.05, 0.1) is 11.9 Å². The average molecular weight is 393 g/mol. The third kappa shape index (κ3) is 4.04. The number of urea groups is 1. The molecule has 4 rings (SSSR count). The van der Waals surface area contributed by atoms with Gasteiger partial charge in [0, 0.05) is 47.4 Å². The highest BCUT2D eigenvalue weighted by Gasteiger charge is 2.29. The van der Waals surface area contributed by atoms with E-state index >= 15 is 0 Å². The molecule has 7 nitrogen and oxygen atoms in total. The van der Waals surface area contributed by atoms with E-state index in [2.05, 4.69) is 39.8 Å². The molecule has 1 aliphatic rings. The van der Waals surface area contributed by atoms with E-state index < -0.39 is 0 Å². The average Bonchev–Trinajstić information content (AvgIpc) is 3.23. The Morgan fingerprint density at radius 1 is 1.34 bits per heavy atom. The number of aromatic amines is 1. The fourth-order valence-electron chi connectivity index (χ4n) is 3.90. The molecule has 0 atom stereocenters. The van der Waals surface area contributed by atoms with Gasteiger partial charge in [-0.3, -0.25) is 9.78 Å². The van der Waals surface area contributed by atoms with E-state index in [0.717, 1.165) is 47.5 Å². The highest BCUT2D eigenvalue weighted by Crippen LogP contribution is 2.38. The molecule has 2 aromatic heterocycles. The van der Waals surface area contributed by atoms with Crippen LogP contribution < -0.4 is 10.6 Å². The van der Waals surface area contributed by atoms with Gasteiger partial charge in [-0.1, -0.05) is 26.0 Å². The Morgan fingerprint density at radius 3 is 2.93 bits per heavy atom. The number of rotatable bonds is 4. The van der Waals surface area contributed by atoms with Gasteiger partial charge in [-0.05, 0) is 43.7 Å². The Bertz CT molecular complexity index is 1050. The lowest BCUT2D eigenvalue weighted by Crippen LogP contribution is -2.28. The number of benzene rings is 1. The molecule has 2 amide bonds. The highest BCUT2D eigenvalue weighted by molar-refractivity contribution is 5.90. The maximum Gasteiger partial charge on any atom is 0.319 e. The van der Waals surface area contributed by atoms with Crippen molar-refractivity contribution in [1.82, 2.24) is 25.3 Å². The zero-order valence-electron chi connectivity index (χ0n) is 17.5. The molecule has 0 aliphatic heterocycles. The monoisotopic (exact) mass is 392 g/mol. The number of anilines is 1. The van der Waals surface area contributed by atoms with E-state index in [1.165, 1.54) is 11.3 Å². The predicted molar refractivity (Wildman–Crippen MR) is 114 cm³/mol. The molecule has 3 N–H and O–H groups in total. The van der Waals surface area contributed by atoms with Crippen LogP contribution in [0, 0.1) is 12.3 Å². The topological polar surface area (TPSA) is 87.6 Å². The number of hydrogen-bond donors (Lipinski definition) is 3. The van der Waals surface area contributed by atoms with Gasteiger partial charge < -0.3 is 10.6 Å². The van der Waals surface area contributed by atoms with Crippen LogP contribution in [-0.2, 0) is 26.4 Å². The van der Waals surface area contributed by atoms with E-state index in [-0.39, 0.29) is 6.03 Å². The molecular formula is C22H28N6O. The van der Waals surface area contributed by atoms with E-state index in [4.69, 9.17) is 0 Å². The van der Waals surface area contributed by atoms with Gasteiger partial charge >= 0.3 is 6.03 Å². The van der Waals surface area contributed by atoms with Crippen LogP contribution in [-0.4, -0.2) is 26.0 Å². The normalized spacial score (nSPS) is 15.0. The van der Waals surface area contributed by atoms with E-state index in [9.17, 15) is 4.79 Å². The predicted octanol–water partition coefficient (Wildman–Crippen LogP) is 3.96. The van der Waals surface area contributed by atoms with Crippen molar-refractivity contribution in [3.05, 3.63) is 53.0 Å². The van der Waals surface area contributed by atoms with Gasteiger partial charge in [0.25, 0.3) is 0 Å². The lowest BCUT2D eigenvalue weighted by Gasteiger charge is -2.29. The standard InChI is InChI=1S/C22H28N6O/c1-14-16(13-24-28(14)4)12-23-21(29)25-17-7-5-6-15(10-17)20-18-8-9-22(2,3)11-19(18)26-27-20/h5-7,10,13H,8-9,11-12H2,1-4H3,(H,26,27)(H2,23,25,29). The highest BCUT2D eigenvalue weighted by atomic mass is 16.2. The van der Waals surface area contributed by atoms with Crippen molar-refractivity contribution in [2.24, 2.45) is 12.5 Å². The van der Waals surface area contributed by atoms with Crippen molar-refractivity contribution in [1.29, 1.82) is 0 Å². The first-order chi connectivity index (χ1) is 13.8. The summed E-state index contributed by atoms with van der Waals surface area (Å²) in [5.74, 6) is 0. The van der Waals surface area contributed by atoms with Crippen molar-refractivity contribution in [2.75, 3.05) is 5.32 Å². The van der Waals surface area contributed by atoms with Crippen LogP contribution in [0.15, 0.2) is 30.5 Å². The molecule has 1 aliphatic carbocycles. The first-order valence-electron chi connectivity index (χ1n) is 10.0. The van der Waals surface area contributed by atoms with Crippen molar-refractivity contribution >= 4 is 11.7 Å². The van der Waals surface area contributed by atoms with Gasteiger partial charge in [-0.2, -0.15) is 10.2 Å². The molecule has 0 unspecified atom stereocenters. The molecule has 2 heterocycles. The lowest BCUT2D eigenvalue weighted by molar-refractivity contribution is 0.251. The number of amides is 2. The number of aromatic nitrogens is 4. The summed E-state index contributed by atoms with van der Waals surface area (Å²) >= 11 is 0. The summed E-state index contributed by atoms with van der Waals surface area (Å²) in [6, 6.07) is 7.62. The van der Waals surface area contributed by atoms with Crippen LogP contribution in [0.2, 0.25) is 0 Å². The molecule has 29 heavy (non-hydrogen) atoms. The second-order valence-corrected chi connectivity index (χ2v) is 8.64. The van der Waals surface area contributed by atoms with E-state index in [1.807, 2.05) is 38.2 Å². The first kappa shape index (κ1) is 19.2. The minimum absolute atomic E-state index is 0.240. The summed E-state index contributed by atoms with van der Waals surface area (Å²) in [4.78, 5) is 12.3. The number of aryl methyl sites for hydroxylation is 1. The van der Waals surface area contributed by atoms with Gasteiger partial charge in [-0.25, -0.2) is 4.79 Å². The second-order valence-electron chi connectivity index (χ2n) is 8.64. The molecule has 7 heteroatoms. The molecule has 0 bridgehead atoms. The molecule has 0 radical (unpaired) electrons. The van der Waals surface area contributed by atoms with Crippen LogP contribution in [0.3, 0.4) is 0 Å². The Morgan fingerprint density at radius 2 is 2.17 bits per heavy atom. The van der Waals surface area contributed by atoms with Crippen molar-refractivity contribution in [3.8, 4) is 11.3 Å². The summed E-state index contributed by atoms with van der Waals surface area (Å²) in [5.41, 5.74) is 7.65. The number of nitrogens with zero attached hydrogens (tertiary/aromatic N) is 3. The number of H-pyrrole nitrogens is 1. The van der Waals surface area contributed by atoms with Gasteiger partial charge in [0.2, 0.25) is 0 Å². The summed E-state index contributed by atoms with van der Waals surface area (Å²) in [5, 5.41) is 17.8. The number of carbonyl (C=O) groups excluding carboxylic acids is 1. The Kier molecular flexibility index (Phi) is 4.90. The van der Waals surface area contributed by atoms with Gasteiger partial charge in [-0.15, -0.1) is 0 Å². The molecule has 3 aromatic rings. The first-order valence-corrected chi connectivity index (χ1v) is 10.0. The summed E-state index contributed by atoms with van der Waals surface area (Å²) in [6.07, 6.45) is 4.97. The molecule has 1 aromatic carbocycles. The zero-order chi connectivity index (χ0) is 20.6. The summed E-state index contributed by atoms with van der Waals surface area (Å²) in [7, 11) is 1.89. The second kappa shape index (κ2) is 7.39. The summed E-state index contributed by atoms with van der Waals surface area (Å²) in [6.45, 7) is 7.02. The SMILES string of the molecule is Cc1c(CNC(=O)Nc2cccc(-c3n[nH]c4c3CCC(C)(C)C4)c2)cnn1C. The van der Waals surface area contributed by atoms with E-state index in [1.54, 1.807) is 10.9 Å². The number of nitrogens with one attached hydrogen (secondary N) is 3. The smallest absolute Gasteiger partial charge is 0.319 e. The number of hydrogen-bond acceptors (Lipinski definition) is 3. The fourth-order valence-corrected chi connectivity index (χ4v) is 3.90. The lowest BCUT2D eigenvalue weighted by atomic mass is 9.76. The zero-order valence-corrected chi connectivity index (χ0v) is 17.5. The number of fused-ring (bicyclic) bond motifs is 1. The molecule has 152 valence electrons. The van der Waals surface area contributed by atoms with Gasteiger partial charge in [0.1, 0.15) is 0 Å². The van der Waals surface area contributed by atoms with Crippen LogP contribution >= 0.6 is 0 Å². The van der Waals surface area contributed by atoms with Crippen LogP contribution in [0.4, 0.5) is 10.5 Å².